The average molecular weight is 389 g/mol. The predicted molar refractivity (Wildman–Crippen MR) is 91.2 cm³/mol. The SMILES string of the molecule is CCC1CCC(N(C)c2ccc(Br)cc2CBr)CC1. The van der Waals surface area contributed by atoms with Gasteiger partial charge in [-0.3, -0.25) is 0 Å². The second kappa shape index (κ2) is 7.12. The van der Waals surface area contributed by atoms with Crippen LogP contribution in [-0.4, -0.2) is 13.1 Å². The van der Waals surface area contributed by atoms with E-state index in [1.807, 2.05) is 0 Å². The zero-order chi connectivity index (χ0) is 13.8. The Kier molecular flexibility index (Phi) is 5.76. The summed E-state index contributed by atoms with van der Waals surface area (Å²) < 4.78 is 1.16. The van der Waals surface area contributed by atoms with Crippen molar-refractivity contribution in [1.29, 1.82) is 0 Å². The normalized spacial score (nSPS) is 23.4. The van der Waals surface area contributed by atoms with Gasteiger partial charge in [0, 0.05) is 28.6 Å². The van der Waals surface area contributed by atoms with E-state index < -0.39 is 0 Å². The van der Waals surface area contributed by atoms with Crippen LogP contribution in [-0.2, 0) is 5.33 Å². The van der Waals surface area contributed by atoms with Gasteiger partial charge in [0.15, 0.2) is 0 Å². The first-order valence-corrected chi connectivity index (χ1v) is 9.14. The van der Waals surface area contributed by atoms with Crippen molar-refractivity contribution in [3.05, 3.63) is 28.2 Å². The van der Waals surface area contributed by atoms with E-state index in [1.54, 1.807) is 0 Å². The number of hydrogen-bond acceptors (Lipinski definition) is 1. The Labute approximate surface area is 134 Å². The van der Waals surface area contributed by atoms with Crippen molar-refractivity contribution in [1.82, 2.24) is 0 Å². The van der Waals surface area contributed by atoms with Crippen LogP contribution in [0, 0.1) is 5.92 Å². The van der Waals surface area contributed by atoms with Gasteiger partial charge in [0.1, 0.15) is 0 Å². The third-order valence-electron chi connectivity index (χ3n) is 4.51. The molecule has 19 heavy (non-hydrogen) atoms. The highest BCUT2D eigenvalue weighted by molar-refractivity contribution is 9.10. The lowest BCUT2D eigenvalue weighted by Crippen LogP contribution is -2.35. The van der Waals surface area contributed by atoms with Crippen molar-refractivity contribution in [2.24, 2.45) is 5.92 Å². The molecule has 1 nitrogen and oxygen atoms in total. The van der Waals surface area contributed by atoms with Gasteiger partial charge in [-0.25, -0.2) is 0 Å². The second-order valence-corrected chi connectivity index (χ2v) is 7.08. The smallest absolute Gasteiger partial charge is 0.0408 e. The van der Waals surface area contributed by atoms with Gasteiger partial charge in [0.05, 0.1) is 0 Å². The fraction of sp³-hybridized carbons (Fsp3) is 0.625. The van der Waals surface area contributed by atoms with Crippen LogP contribution >= 0.6 is 31.9 Å². The van der Waals surface area contributed by atoms with Crippen LogP contribution in [0.1, 0.15) is 44.6 Å². The van der Waals surface area contributed by atoms with Crippen LogP contribution in [0.15, 0.2) is 22.7 Å². The predicted octanol–water partition coefficient (Wildman–Crippen LogP) is 5.75. The summed E-state index contributed by atoms with van der Waals surface area (Å²) in [5, 5.41) is 0.913. The third kappa shape index (κ3) is 3.75. The first-order valence-electron chi connectivity index (χ1n) is 7.23. The Morgan fingerprint density at radius 2 is 1.89 bits per heavy atom. The highest BCUT2D eigenvalue weighted by Gasteiger charge is 2.24. The number of halogens is 2. The van der Waals surface area contributed by atoms with Gasteiger partial charge in [-0.2, -0.15) is 0 Å². The molecule has 0 saturated heterocycles. The highest BCUT2D eigenvalue weighted by Crippen LogP contribution is 2.33. The molecule has 1 aliphatic rings. The molecule has 0 unspecified atom stereocenters. The van der Waals surface area contributed by atoms with Crippen molar-refractivity contribution >= 4 is 37.5 Å². The highest BCUT2D eigenvalue weighted by atomic mass is 79.9. The van der Waals surface area contributed by atoms with Crippen LogP contribution in [0.3, 0.4) is 0 Å². The van der Waals surface area contributed by atoms with Crippen LogP contribution in [0.4, 0.5) is 5.69 Å². The van der Waals surface area contributed by atoms with Gasteiger partial charge in [-0.1, -0.05) is 45.2 Å². The molecule has 0 N–H and O–H groups in total. The molecular weight excluding hydrogens is 366 g/mol. The molecule has 0 aliphatic heterocycles. The quantitative estimate of drug-likeness (QED) is 0.593. The van der Waals surface area contributed by atoms with Crippen LogP contribution in [0.25, 0.3) is 0 Å². The molecular formula is C16H23Br2N. The van der Waals surface area contributed by atoms with E-state index in [1.165, 1.54) is 43.4 Å². The molecule has 1 fully saturated rings. The number of benzene rings is 1. The fourth-order valence-corrected chi connectivity index (χ4v) is 4.00. The zero-order valence-electron chi connectivity index (χ0n) is 11.8. The van der Waals surface area contributed by atoms with Crippen LogP contribution in [0.5, 0.6) is 0 Å². The summed E-state index contributed by atoms with van der Waals surface area (Å²) in [7, 11) is 2.26. The average Bonchev–Trinajstić information content (AvgIpc) is 2.46. The van der Waals surface area contributed by atoms with E-state index in [9.17, 15) is 0 Å². The molecule has 0 atom stereocenters. The van der Waals surface area contributed by atoms with E-state index in [0.717, 1.165) is 15.7 Å². The minimum absolute atomic E-state index is 0.710. The van der Waals surface area contributed by atoms with Gasteiger partial charge < -0.3 is 4.90 Å². The minimum Gasteiger partial charge on any atom is -0.371 e. The molecule has 0 aromatic heterocycles. The van der Waals surface area contributed by atoms with Crippen molar-refractivity contribution in [3.63, 3.8) is 0 Å². The third-order valence-corrected chi connectivity index (χ3v) is 5.60. The van der Waals surface area contributed by atoms with Gasteiger partial charge in [-0.05, 0) is 55.4 Å². The van der Waals surface area contributed by atoms with Crippen LogP contribution < -0.4 is 4.90 Å². The summed E-state index contributed by atoms with van der Waals surface area (Å²) in [5.41, 5.74) is 2.74. The Hall–Kier alpha value is -0.0200. The molecule has 0 amide bonds. The standard InChI is InChI=1S/C16H23Br2N/c1-3-12-4-7-15(8-5-12)19(2)16-9-6-14(18)10-13(16)11-17/h6,9-10,12,15H,3-5,7-8,11H2,1-2H3. The van der Waals surface area contributed by atoms with E-state index in [0.29, 0.717) is 6.04 Å². The number of hydrogen-bond donors (Lipinski definition) is 0. The lowest BCUT2D eigenvalue weighted by molar-refractivity contribution is 0.313. The van der Waals surface area contributed by atoms with Crippen LogP contribution in [0.2, 0.25) is 0 Å². The maximum atomic E-state index is 3.61. The maximum Gasteiger partial charge on any atom is 0.0408 e. The fourth-order valence-electron chi connectivity index (χ4n) is 3.14. The topological polar surface area (TPSA) is 3.24 Å². The van der Waals surface area contributed by atoms with Gasteiger partial charge in [-0.15, -0.1) is 0 Å². The molecule has 1 aromatic carbocycles. The van der Waals surface area contributed by atoms with Crippen molar-refractivity contribution in [3.8, 4) is 0 Å². The number of alkyl halides is 1. The molecule has 2 rings (SSSR count). The molecule has 0 heterocycles. The van der Waals surface area contributed by atoms with Gasteiger partial charge in [0.25, 0.3) is 0 Å². The number of rotatable bonds is 4. The zero-order valence-corrected chi connectivity index (χ0v) is 15.0. The molecule has 3 heteroatoms. The van der Waals surface area contributed by atoms with E-state index in [4.69, 9.17) is 0 Å². The Bertz CT molecular complexity index is 411. The maximum absolute atomic E-state index is 3.61. The first kappa shape index (κ1) is 15.4. The van der Waals surface area contributed by atoms with Gasteiger partial charge >= 0.3 is 0 Å². The molecule has 0 radical (unpaired) electrons. The molecule has 1 aliphatic carbocycles. The molecule has 0 bridgehead atoms. The Morgan fingerprint density at radius 3 is 2.47 bits per heavy atom. The van der Waals surface area contributed by atoms with Crippen molar-refractivity contribution < 1.29 is 0 Å². The largest absolute Gasteiger partial charge is 0.371 e. The number of anilines is 1. The summed E-state index contributed by atoms with van der Waals surface area (Å²) in [6.07, 6.45) is 6.82. The first-order chi connectivity index (χ1) is 9.15. The summed E-state index contributed by atoms with van der Waals surface area (Å²) in [4.78, 5) is 2.49. The van der Waals surface area contributed by atoms with E-state index in [-0.39, 0.29) is 0 Å². The second-order valence-electron chi connectivity index (χ2n) is 5.60. The van der Waals surface area contributed by atoms with Crippen molar-refractivity contribution in [2.75, 3.05) is 11.9 Å². The summed E-state index contributed by atoms with van der Waals surface area (Å²) >= 11 is 7.17. The monoisotopic (exact) mass is 387 g/mol. The lowest BCUT2D eigenvalue weighted by atomic mass is 9.84. The molecule has 1 aromatic rings. The summed E-state index contributed by atoms with van der Waals surface area (Å²) in [5.74, 6) is 0.963. The minimum atomic E-state index is 0.710. The van der Waals surface area contributed by atoms with Gasteiger partial charge in [0.2, 0.25) is 0 Å². The van der Waals surface area contributed by atoms with E-state index >= 15 is 0 Å². The molecule has 1 saturated carbocycles. The van der Waals surface area contributed by atoms with E-state index in [2.05, 4.69) is 68.9 Å². The lowest BCUT2D eigenvalue weighted by Gasteiger charge is -2.36. The molecule has 0 spiro atoms. The van der Waals surface area contributed by atoms with Crippen molar-refractivity contribution in [2.45, 2.75) is 50.4 Å². The molecule has 106 valence electrons. The Morgan fingerprint density at radius 1 is 1.21 bits per heavy atom. The number of nitrogens with zero attached hydrogens (tertiary/aromatic N) is 1. The summed E-state index contributed by atoms with van der Waals surface area (Å²) in [6, 6.07) is 7.32. The Balaban J connectivity index is 2.09. The summed E-state index contributed by atoms with van der Waals surface area (Å²) in [6.45, 7) is 2.33.